The Labute approximate surface area is 157 Å². The Hall–Kier alpha value is -2.38. The molecule has 0 fully saturated rings. The van der Waals surface area contributed by atoms with Gasteiger partial charge in [-0.05, 0) is 43.0 Å². The molecule has 0 aliphatic rings. The summed E-state index contributed by atoms with van der Waals surface area (Å²) in [4.78, 5) is 8.82. The lowest BCUT2D eigenvalue weighted by Crippen LogP contribution is -1.79. The van der Waals surface area contributed by atoms with Crippen LogP contribution in [-0.4, -0.2) is 20.2 Å². The molecule has 0 saturated carbocycles. The molecule has 5 nitrogen and oxygen atoms in total. The minimum Gasteiger partial charge on any atom is -0.429 e. The van der Waals surface area contributed by atoms with Crippen molar-refractivity contribution in [3.8, 4) is 22.8 Å². The molecule has 25 heavy (non-hydrogen) atoms. The van der Waals surface area contributed by atoms with Gasteiger partial charge >= 0.3 is 0 Å². The molecule has 2 aromatic heterocycles. The molecule has 0 saturated heterocycles. The lowest BCUT2D eigenvalue weighted by Gasteiger charge is -1.96. The third-order valence-electron chi connectivity index (χ3n) is 3.56. The minimum atomic E-state index is 0.588. The Morgan fingerprint density at radius 2 is 1.72 bits per heavy atom. The highest BCUT2D eigenvalue weighted by molar-refractivity contribution is 9.10. The number of oxazole rings is 1. The lowest BCUT2D eigenvalue weighted by molar-refractivity contribution is 0.483. The van der Waals surface area contributed by atoms with Crippen LogP contribution in [0.4, 0.5) is 0 Å². The summed E-state index contributed by atoms with van der Waals surface area (Å²) in [6, 6.07) is 15.9. The van der Waals surface area contributed by atoms with Crippen LogP contribution >= 0.6 is 27.7 Å². The second kappa shape index (κ2) is 6.85. The van der Waals surface area contributed by atoms with Crippen molar-refractivity contribution >= 4 is 27.7 Å². The predicted octanol–water partition coefficient (Wildman–Crippen LogP) is 5.35. The summed E-state index contributed by atoms with van der Waals surface area (Å²) in [6.45, 7) is 2.05. The number of H-pyrrole nitrogens is 1. The van der Waals surface area contributed by atoms with Crippen molar-refractivity contribution in [1.29, 1.82) is 0 Å². The normalized spacial score (nSPS) is 11.0. The number of aryl methyl sites for hydroxylation is 1. The minimum absolute atomic E-state index is 0.588. The molecule has 0 spiro atoms. The van der Waals surface area contributed by atoms with Gasteiger partial charge in [-0.1, -0.05) is 45.8 Å². The number of aromatic amines is 1. The lowest BCUT2D eigenvalue weighted by atomic mass is 10.1. The van der Waals surface area contributed by atoms with Gasteiger partial charge < -0.3 is 4.42 Å². The summed E-state index contributed by atoms with van der Waals surface area (Å²) in [6.07, 6.45) is 1.69. The van der Waals surface area contributed by atoms with E-state index in [-0.39, 0.29) is 0 Å². The highest BCUT2D eigenvalue weighted by atomic mass is 79.9. The van der Waals surface area contributed by atoms with Crippen LogP contribution in [0.1, 0.15) is 5.56 Å². The van der Waals surface area contributed by atoms with Crippen LogP contribution in [0, 0.1) is 6.92 Å². The fourth-order valence-electron chi connectivity index (χ4n) is 2.25. The molecule has 2 heterocycles. The van der Waals surface area contributed by atoms with Crippen LogP contribution in [0.2, 0.25) is 0 Å². The van der Waals surface area contributed by atoms with Crippen LogP contribution < -0.4 is 0 Å². The van der Waals surface area contributed by atoms with Gasteiger partial charge in [0.25, 0.3) is 0 Å². The molecule has 4 rings (SSSR count). The van der Waals surface area contributed by atoms with E-state index in [1.807, 2.05) is 55.5 Å². The van der Waals surface area contributed by atoms with Gasteiger partial charge in [-0.2, -0.15) is 0 Å². The molecule has 0 unspecified atom stereocenters. The molecule has 7 heteroatoms. The van der Waals surface area contributed by atoms with Crippen molar-refractivity contribution in [2.45, 2.75) is 17.2 Å². The van der Waals surface area contributed by atoms with E-state index in [1.165, 1.54) is 17.3 Å². The van der Waals surface area contributed by atoms with Gasteiger partial charge in [0.05, 0.1) is 6.20 Å². The predicted molar refractivity (Wildman–Crippen MR) is 100 cm³/mol. The monoisotopic (exact) mass is 412 g/mol. The number of nitrogens with one attached hydrogen (secondary N) is 1. The summed E-state index contributed by atoms with van der Waals surface area (Å²) >= 11 is 4.76. The van der Waals surface area contributed by atoms with Crippen LogP contribution in [0.3, 0.4) is 0 Å². The van der Waals surface area contributed by atoms with Crippen molar-refractivity contribution in [1.82, 2.24) is 20.2 Å². The summed E-state index contributed by atoms with van der Waals surface area (Å²) in [7, 11) is 0. The maximum absolute atomic E-state index is 5.80. The van der Waals surface area contributed by atoms with E-state index >= 15 is 0 Å². The Morgan fingerprint density at radius 3 is 2.48 bits per heavy atom. The number of hydrogen-bond acceptors (Lipinski definition) is 5. The highest BCUT2D eigenvalue weighted by Crippen LogP contribution is 2.30. The molecular formula is C18H13BrN4OS. The molecule has 0 radical (unpaired) electrons. The Balaban J connectivity index is 1.51. The second-order valence-electron chi connectivity index (χ2n) is 5.43. The Kier molecular flexibility index (Phi) is 4.42. The zero-order chi connectivity index (χ0) is 17.2. The second-order valence-corrected chi connectivity index (χ2v) is 7.31. The summed E-state index contributed by atoms with van der Waals surface area (Å²) in [5.74, 6) is 1.31. The van der Waals surface area contributed by atoms with Crippen LogP contribution in [0.25, 0.3) is 22.8 Å². The number of nitrogens with zero attached hydrogens (tertiary/aromatic N) is 3. The van der Waals surface area contributed by atoms with Crippen LogP contribution in [0.5, 0.6) is 0 Å². The van der Waals surface area contributed by atoms with Crippen molar-refractivity contribution in [2.75, 3.05) is 0 Å². The number of benzene rings is 2. The summed E-state index contributed by atoms with van der Waals surface area (Å²) < 4.78 is 6.82. The molecule has 124 valence electrons. The maximum atomic E-state index is 5.80. The van der Waals surface area contributed by atoms with E-state index in [9.17, 15) is 0 Å². The SMILES string of the molecule is Cc1ccc(-c2ncc(Sc3n[nH]c(-c4ccc(Br)cc4)n3)o2)cc1. The van der Waals surface area contributed by atoms with Crippen molar-refractivity contribution in [2.24, 2.45) is 0 Å². The van der Waals surface area contributed by atoms with Crippen LogP contribution in [0.15, 0.2) is 73.9 Å². The number of hydrogen-bond donors (Lipinski definition) is 1. The maximum Gasteiger partial charge on any atom is 0.227 e. The smallest absolute Gasteiger partial charge is 0.227 e. The van der Waals surface area contributed by atoms with Crippen molar-refractivity contribution in [3.05, 3.63) is 64.8 Å². The molecule has 0 aliphatic carbocycles. The molecule has 0 bridgehead atoms. The molecule has 1 N–H and O–H groups in total. The summed E-state index contributed by atoms with van der Waals surface area (Å²) in [5.41, 5.74) is 3.12. The third-order valence-corrected chi connectivity index (χ3v) is 4.84. The van der Waals surface area contributed by atoms with E-state index in [0.29, 0.717) is 22.0 Å². The third kappa shape index (κ3) is 3.67. The van der Waals surface area contributed by atoms with Crippen molar-refractivity contribution < 1.29 is 4.42 Å². The summed E-state index contributed by atoms with van der Waals surface area (Å²) in [5, 5.41) is 8.42. The van der Waals surface area contributed by atoms with E-state index in [0.717, 1.165) is 15.6 Å². The van der Waals surface area contributed by atoms with Crippen LogP contribution in [-0.2, 0) is 0 Å². The zero-order valence-corrected chi connectivity index (χ0v) is 15.6. The molecule has 0 atom stereocenters. The van der Waals surface area contributed by atoms with E-state index in [1.54, 1.807) is 6.20 Å². The van der Waals surface area contributed by atoms with Crippen molar-refractivity contribution in [3.63, 3.8) is 0 Å². The number of aromatic nitrogens is 4. The Bertz CT molecular complexity index is 911. The molecular weight excluding hydrogens is 400 g/mol. The van der Waals surface area contributed by atoms with Gasteiger partial charge in [-0.3, -0.25) is 5.10 Å². The fourth-order valence-corrected chi connectivity index (χ4v) is 3.15. The quantitative estimate of drug-likeness (QED) is 0.489. The topological polar surface area (TPSA) is 67.6 Å². The van der Waals surface area contributed by atoms with Gasteiger partial charge in [-0.15, -0.1) is 5.10 Å². The Morgan fingerprint density at radius 1 is 1.00 bits per heavy atom. The first-order valence-electron chi connectivity index (χ1n) is 7.56. The average molecular weight is 413 g/mol. The van der Waals surface area contributed by atoms with E-state index in [2.05, 4.69) is 36.1 Å². The average Bonchev–Trinajstić information content (AvgIpc) is 3.27. The number of halogens is 1. The van der Waals surface area contributed by atoms with Gasteiger partial charge in [0.15, 0.2) is 10.9 Å². The van der Waals surface area contributed by atoms with Gasteiger partial charge in [0, 0.05) is 15.6 Å². The molecule has 2 aromatic carbocycles. The molecule has 0 aliphatic heterocycles. The standard InChI is InChI=1S/C18H13BrN4OS/c1-11-2-4-13(5-3-11)17-20-10-15(24-17)25-18-21-16(22-23-18)12-6-8-14(19)9-7-12/h2-10H,1H3,(H,21,22,23). The number of rotatable bonds is 4. The first-order valence-corrected chi connectivity index (χ1v) is 9.17. The van der Waals surface area contributed by atoms with Gasteiger partial charge in [-0.25, -0.2) is 9.97 Å². The zero-order valence-electron chi connectivity index (χ0n) is 13.2. The van der Waals surface area contributed by atoms with E-state index in [4.69, 9.17) is 4.42 Å². The highest BCUT2D eigenvalue weighted by Gasteiger charge is 2.12. The first kappa shape index (κ1) is 16.1. The molecule has 4 aromatic rings. The fraction of sp³-hybridized carbons (Fsp3) is 0.0556. The van der Waals surface area contributed by atoms with E-state index < -0.39 is 0 Å². The first-order chi connectivity index (χ1) is 12.2. The van der Waals surface area contributed by atoms with Gasteiger partial charge in [0.2, 0.25) is 11.0 Å². The van der Waals surface area contributed by atoms with Gasteiger partial charge in [0.1, 0.15) is 0 Å². The molecule has 0 amide bonds. The largest absolute Gasteiger partial charge is 0.429 e.